The first-order valence-corrected chi connectivity index (χ1v) is 10.7. The smallest absolute Gasteiger partial charge is 0.222 e. The van der Waals surface area contributed by atoms with Crippen LogP contribution < -0.4 is 20.1 Å². The number of likely N-dealkylation sites (N-methyl/N-ethyl adjacent to an activating group) is 1. The number of nitrogens with zero attached hydrogens (tertiary/aromatic N) is 2. The molecule has 2 aliphatic rings. The molecule has 0 bridgehead atoms. The molecule has 1 heterocycles. The number of nitrogens with one attached hydrogen (secondary N) is 2. The highest BCUT2D eigenvalue weighted by molar-refractivity contribution is 14.0. The van der Waals surface area contributed by atoms with Crippen molar-refractivity contribution in [2.45, 2.75) is 64.1 Å². The standard InChI is InChI=1S/C22H34N4O3.HI/c1-4-23-22(25-17-12-13-20(27)26(2)15-17)24-14-16-8-7-11-19(28-3)21(16)29-18-9-5-6-10-18;/h7-8,11,17-18H,4-6,9-10,12-15H2,1-3H3,(H2,23,24,25);1H. The van der Waals surface area contributed by atoms with Gasteiger partial charge < -0.3 is 25.0 Å². The Labute approximate surface area is 197 Å². The maximum absolute atomic E-state index is 11.7. The molecule has 7 nitrogen and oxygen atoms in total. The number of likely N-dealkylation sites (tertiary alicyclic amines) is 1. The SMILES string of the molecule is CCNC(=NCc1cccc(OC)c1OC1CCCC1)NC1CCC(=O)N(C)C1.I. The number of ether oxygens (including phenoxy) is 2. The summed E-state index contributed by atoms with van der Waals surface area (Å²) in [6.45, 7) is 4.01. The molecule has 168 valence electrons. The summed E-state index contributed by atoms with van der Waals surface area (Å²) in [5.74, 6) is 2.53. The number of piperidine rings is 1. The van der Waals surface area contributed by atoms with Gasteiger partial charge in [0.15, 0.2) is 17.5 Å². The van der Waals surface area contributed by atoms with Crippen LogP contribution in [0.4, 0.5) is 0 Å². The second-order valence-corrected chi connectivity index (χ2v) is 7.82. The van der Waals surface area contributed by atoms with Crippen LogP contribution in [0.15, 0.2) is 23.2 Å². The second kappa shape index (κ2) is 12.2. The van der Waals surface area contributed by atoms with Crippen LogP contribution >= 0.6 is 24.0 Å². The van der Waals surface area contributed by atoms with Crippen molar-refractivity contribution in [3.8, 4) is 11.5 Å². The van der Waals surface area contributed by atoms with E-state index in [0.717, 1.165) is 48.8 Å². The van der Waals surface area contributed by atoms with Crippen LogP contribution in [0.2, 0.25) is 0 Å². The van der Waals surface area contributed by atoms with Gasteiger partial charge in [0.25, 0.3) is 0 Å². The zero-order valence-electron chi connectivity index (χ0n) is 18.3. The van der Waals surface area contributed by atoms with Gasteiger partial charge in [-0.05, 0) is 45.1 Å². The number of methoxy groups -OCH3 is 1. The minimum atomic E-state index is 0. The molecular formula is C22H35IN4O3. The fraction of sp³-hybridized carbons (Fsp3) is 0.636. The van der Waals surface area contributed by atoms with Crippen molar-refractivity contribution < 1.29 is 14.3 Å². The van der Waals surface area contributed by atoms with Crippen molar-refractivity contribution in [3.05, 3.63) is 23.8 Å². The Morgan fingerprint density at radius 2 is 2.03 bits per heavy atom. The fourth-order valence-corrected chi connectivity index (χ4v) is 3.96. The Morgan fingerprint density at radius 1 is 1.27 bits per heavy atom. The number of halogens is 1. The van der Waals surface area contributed by atoms with Gasteiger partial charge in [-0.1, -0.05) is 12.1 Å². The summed E-state index contributed by atoms with van der Waals surface area (Å²) in [6.07, 6.45) is 6.29. The summed E-state index contributed by atoms with van der Waals surface area (Å²) in [4.78, 5) is 18.3. The number of benzene rings is 1. The first kappa shape index (κ1) is 24.6. The average Bonchev–Trinajstić information content (AvgIpc) is 3.23. The van der Waals surface area contributed by atoms with Gasteiger partial charge in [-0.25, -0.2) is 4.99 Å². The molecule has 1 aromatic carbocycles. The highest BCUT2D eigenvalue weighted by atomic mass is 127. The number of aliphatic imine (C=N–C) groups is 1. The predicted molar refractivity (Wildman–Crippen MR) is 130 cm³/mol. The van der Waals surface area contributed by atoms with E-state index in [-0.39, 0.29) is 42.0 Å². The van der Waals surface area contributed by atoms with Crippen molar-refractivity contribution in [1.29, 1.82) is 0 Å². The van der Waals surface area contributed by atoms with Crippen LogP contribution in [0.5, 0.6) is 11.5 Å². The Morgan fingerprint density at radius 3 is 2.70 bits per heavy atom. The molecule has 2 N–H and O–H groups in total. The molecule has 1 aliphatic carbocycles. The van der Waals surface area contributed by atoms with E-state index in [1.165, 1.54) is 12.8 Å². The lowest BCUT2D eigenvalue weighted by atomic mass is 10.1. The Bertz CT molecular complexity index is 722. The zero-order valence-corrected chi connectivity index (χ0v) is 20.6. The van der Waals surface area contributed by atoms with E-state index in [0.29, 0.717) is 19.5 Å². The average molecular weight is 530 g/mol. The number of carbonyl (C=O) groups is 1. The highest BCUT2D eigenvalue weighted by Crippen LogP contribution is 2.35. The highest BCUT2D eigenvalue weighted by Gasteiger charge is 2.24. The molecule has 0 radical (unpaired) electrons. The van der Waals surface area contributed by atoms with Crippen LogP contribution in [0.3, 0.4) is 0 Å². The Kier molecular flexibility index (Phi) is 10.0. The van der Waals surface area contributed by atoms with Gasteiger partial charge in [0.1, 0.15) is 0 Å². The molecule has 1 atom stereocenters. The van der Waals surface area contributed by atoms with Gasteiger partial charge in [-0.3, -0.25) is 4.79 Å². The van der Waals surface area contributed by atoms with E-state index in [1.54, 1.807) is 12.0 Å². The predicted octanol–water partition coefficient (Wildman–Crippen LogP) is 3.31. The van der Waals surface area contributed by atoms with Crippen molar-refractivity contribution in [3.63, 3.8) is 0 Å². The number of hydrogen-bond donors (Lipinski definition) is 2. The molecule has 1 aromatic rings. The lowest BCUT2D eigenvalue weighted by Crippen LogP contribution is -2.51. The quantitative estimate of drug-likeness (QED) is 0.322. The molecule has 1 aliphatic heterocycles. The summed E-state index contributed by atoms with van der Waals surface area (Å²) < 4.78 is 11.9. The Hall–Kier alpha value is -1.71. The minimum Gasteiger partial charge on any atom is -0.493 e. The summed E-state index contributed by atoms with van der Waals surface area (Å²) in [5.41, 5.74) is 1.02. The summed E-state index contributed by atoms with van der Waals surface area (Å²) in [6, 6.07) is 6.17. The van der Waals surface area contributed by atoms with E-state index < -0.39 is 0 Å². The van der Waals surface area contributed by atoms with Gasteiger partial charge in [-0.2, -0.15) is 0 Å². The van der Waals surface area contributed by atoms with Crippen LogP contribution in [0, 0.1) is 0 Å². The van der Waals surface area contributed by atoms with E-state index >= 15 is 0 Å². The third kappa shape index (κ3) is 6.65. The van der Waals surface area contributed by atoms with Gasteiger partial charge in [0, 0.05) is 38.2 Å². The third-order valence-corrected chi connectivity index (χ3v) is 5.59. The number of amides is 1. The van der Waals surface area contributed by atoms with Crippen LogP contribution in [-0.4, -0.2) is 56.2 Å². The number of guanidine groups is 1. The monoisotopic (exact) mass is 530 g/mol. The minimum absolute atomic E-state index is 0. The lowest BCUT2D eigenvalue weighted by molar-refractivity contribution is -0.132. The molecule has 1 saturated heterocycles. The zero-order chi connectivity index (χ0) is 20.6. The molecule has 0 spiro atoms. The molecular weight excluding hydrogens is 495 g/mol. The molecule has 1 unspecified atom stereocenters. The molecule has 1 saturated carbocycles. The van der Waals surface area contributed by atoms with Crippen molar-refractivity contribution in [2.24, 2.45) is 4.99 Å². The fourth-order valence-electron chi connectivity index (χ4n) is 3.96. The van der Waals surface area contributed by atoms with Gasteiger partial charge in [0.05, 0.1) is 19.8 Å². The van der Waals surface area contributed by atoms with Crippen LogP contribution in [0.25, 0.3) is 0 Å². The van der Waals surface area contributed by atoms with E-state index in [4.69, 9.17) is 14.5 Å². The molecule has 8 heteroatoms. The van der Waals surface area contributed by atoms with Crippen molar-refractivity contribution in [2.75, 3.05) is 27.2 Å². The summed E-state index contributed by atoms with van der Waals surface area (Å²) in [5, 5.41) is 6.78. The Balaban J connectivity index is 0.00000320. The largest absolute Gasteiger partial charge is 0.493 e. The van der Waals surface area contributed by atoms with Gasteiger partial charge >= 0.3 is 0 Å². The van der Waals surface area contributed by atoms with Crippen LogP contribution in [-0.2, 0) is 11.3 Å². The third-order valence-electron chi connectivity index (χ3n) is 5.59. The summed E-state index contributed by atoms with van der Waals surface area (Å²) in [7, 11) is 3.53. The van der Waals surface area contributed by atoms with E-state index in [9.17, 15) is 4.79 Å². The van der Waals surface area contributed by atoms with Gasteiger partial charge in [0.2, 0.25) is 5.91 Å². The molecule has 3 rings (SSSR count). The van der Waals surface area contributed by atoms with Crippen molar-refractivity contribution >= 4 is 35.8 Å². The lowest BCUT2D eigenvalue weighted by Gasteiger charge is -2.31. The first-order valence-electron chi connectivity index (χ1n) is 10.7. The van der Waals surface area contributed by atoms with Gasteiger partial charge in [-0.15, -0.1) is 24.0 Å². The van der Waals surface area contributed by atoms with E-state index in [1.807, 2.05) is 32.2 Å². The normalized spacial score (nSPS) is 20.0. The van der Waals surface area contributed by atoms with E-state index in [2.05, 4.69) is 10.6 Å². The maximum Gasteiger partial charge on any atom is 0.222 e. The maximum atomic E-state index is 11.7. The number of para-hydroxylation sites is 1. The first-order chi connectivity index (χ1) is 14.1. The molecule has 0 aromatic heterocycles. The van der Waals surface area contributed by atoms with Crippen LogP contribution in [0.1, 0.15) is 51.0 Å². The topological polar surface area (TPSA) is 75.2 Å². The molecule has 1 amide bonds. The number of carbonyl (C=O) groups excluding carboxylic acids is 1. The van der Waals surface area contributed by atoms with Crippen molar-refractivity contribution in [1.82, 2.24) is 15.5 Å². The summed E-state index contributed by atoms with van der Waals surface area (Å²) >= 11 is 0. The molecule has 30 heavy (non-hydrogen) atoms. The number of hydrogen-bond acceptors (Lipinski definition) is 4. The molecule has 2 fully saturated rings. The second-order valence-electron chi connectivity index (χ2n) is 7.82. The number of rotatable bonds is 7.